The van der Waals surface area contributed by atoms with Crippen LogP contribution in [0.2, 0.25) is 0 Å². The molecule has 0 aromatic carbocycles. The number of nitrogens with two attached hydrogens (primary N) is 1. The van der Waals surface area contributed by atoms with E-state index in [2.05, 4.69) is 10.2 Å². The Balaban J connectivity index is 1.38. The van der Waals surface area contributed by atoms with Crippen molar-refractivity contribution in [3.63, 3.8) is 0 Å². The van der Waals surface area contributed by atoms with Crippen LogP contribution in [-0.2, 0) is 14.3 Å². The zero-order valence-electron chi connectivity index (χ0n) is 14.4. The first-order valence-electron chi connectivity index (χ1n) is 9.24. The fourth-order valence-electron chi connectivity index (χ4n) is 4.02. The summed E-state index contributed by atoms with van der Waals surface area (Å²) >= 11 is 0. The number of carbonyl (C=O) groups excluding carboxylic acids is 2. The highest BCUT2D eigenvalue weighted by Gasteiger charge is 2.32. The summed E-state index contributed by atoms with van der Waals surface area (Å²) in [4.78, 5) is 28.5. The number of morpholine rings is 1. The van der Waals surface area contributed by atoms with Gasteiger partial charge in [-0.3, -0.25) is 14.5 Å². The zero-order chi connectivity index (χ0) is 16.9. The molecule has 7 heteroatoms. The predicted molar refractivity (Wildman–Crippen MR) is 90.3 cm³/mol. The van der Waals surface area contributed by atoms with Crippen LogP contribution in [-0.4, -0.2) is 79.6 Å². The smallest absolute Gasteiger partial charge is 0.224 e. The number of carbonyl (C=O) groups is 2. The highest BCUT2D eigenvalue weighted by Crippen LogP contribution is 2.26. The molecule has 3 rings (SSSR count). The first-order valence-corrected chi connectivity index (χ1v) is 9.24. The summed E-state index contributed by atoms with van der Waals surface area (Å²) in [6, 6.07) is 0.110. The molecule has 1 aliphatic carbocycles. The highest BCUT2D eigenvalue weighted by molar-refractivity contribution is 5.82. The molecule has 0 aromatic rings. The predicted octanol–water partition coefficient (Wildman–Crippen LogP) is -0.447. The fraction of sp³-hybridized carbons (Fsp3) is 0.882. The second-order valence-corrected chi connectivity index (χ2v) is 7.32. The van der Waals surface area contributed by atoms with Crippen LogP contribution >= 0.6 is 0 Å². The molecule has 3 fully saturated rings. The molecule has 2 aliphatic heterocycles. The molecule has 1 saturated carbocycles. The second kappa shape index (κ2) is 8.27. The fourth-order valence-corrected chi connectivity index (χ4v) is 4.02. The molecule has 2 amide bonds. The zero-order valence-corrected chi connectivity index (χ0v) is 14.4. The van der Waals surface area contributed by atoms with E-state index < -0.39 is 0 Å². The van der Waals surface area contributed by atoms with Gasteiger partial charge in [-0.15, -0.1) is 0 Å². The molecule has 7 nitrogen and oxygen atoms in total. The van der Waals surface area contributed by atoms with Crippen LogP contribution < -0.4 is 11.1 Å². The summed E-state index contributed by atoms with van der Waals surface area (Å²) in [6.07, 6.45) is 4.11. The van der Waals surface area contributed by atoms with Gasteiger partial charge >= 0.3 is 0 Å². The van der Waals surface area contributed by atoms with Gasteiger partial charge in [0.25, 0.3) is 0 Å². The van der Waals surface area contributed by atoms with Crippen molar-refractivity contribution in [1.82, 2.24) is 15.1 Å². The molecule has 3 aliphatic rings. The molecule has 0 spiro atoms. The van der Waals surface area contributed by atoms with Gasteiger partial charge in [0.05, 0.1) is 19.3 Å². The minimum Gasteiger partial charge on any atom is -0.379 e. The summed E-state index contributed by atoms with van der Waals surface area (Å²) in [7, 11) is 0. The molecule has 0 aromatic heterocycles. The van der Waals surface area contributed by atoms with Crippen molar-refractivity contribution in [1.29, 1.82) is 0 Å². The Morgan fingerprint density at radius 3 is 2.75 bits per heavy atom. The molecular formula is C17H30N4O3. The number of nitrogens with one attached hydrogen (secondary N) is 1. The van der Waals surface area contributed by atoms with Gasteiger partial charge in [0.2, 0.25) is 11.8 Å². The summed E-state index contributed by atoms with van der Waals surface area (Å²) in [6.45, 7) is 5.66. The summed E-state index contributed by atoms with van der Waals surface area (Å²) in [5.74, 6) is 0.496. The third-order valence-corrected chi connectivity index (χ3v) is 5.53. The van der Waals surface area contributed by atoms with Crippen LogP contribution in [0.1, 0.15) is 32.1 Å². The van der Waals surface area contributed by atoms with Crippen molar-refractivity contribution in [3.8, 4) is 0 Å². The molecule has 1 unspecified atom stereocenters. The van der Waals surface area contributed by atoms with Gasteiger partial charge in [-0.1, -0.05) is 6.42 Å². The Hall–Kier alpha value is -1.18. The van der Waals surface area contributed by atoms with Gasteiger partial charge in [-0.25, -0.2) is 0 Å². The lowest BCUT2D eigenvalue weighted by Gasteiger charge is -2.28. The standard InChI is InChI=1S/C17H30N4O3/c18-15-3-1-2-13(15)10-16(22)19-14-11-17(23)21(12-14)5-4-20-6-8-24-9-7-20/h13-15H,1-12,18H2,(H,19,22)/t13-,14?,15+/m0/s1. The monoisotopic (exact) mass is 338 g/mol. The second-order valence-electron chi connectivity index (χ2n) is 7.32. The van der Waals surface area contributed by atoms with E-state index in [4.69, 9.17) is 10.5 Å². The average Bonchev–Trinajstić information content (AvgIpc) is 3.12. The van der Waals surface area contributed by atoms with Crippen molar-refractivity contribution >= 4 is 11.8 Å². The lowest BCUT2D eigenvalue weighted by molar-refractivity contribution is -0.128. The number of rotatable bonds is 6. The minimum absolute atomic E-state index is 0.0465. The van der Waals surface area contributed by atoms with E-state index >= 15 is 0 Å². The van der Waals surface area contributed by atoms with Gasteiger partial charge in [-0.2, -0.15) is 0 Å². The van der Waals surface area contributed by atoms with Crippen molar-refractivity contribution < 1.29 is 14.3 Å². The van der Waals surface area contributed by atoms with E-state index in [0.29, 0.717) is 25.3 Å². The SMILES string of the molecule is N[C@@H]1CCC[C@H]1CC(=O)NC1CC(=O)N(CCN2CCOCC2)C1. The lowest BCUT2D eigenvalue weighted by Crippen LogP contribution is -2.43. The number of hydrogen-bond acceptors (Lipinski definition) is 5. The highest BCUT2D eigenvalue weighted by atomic mass is 16.5. The Morgan fingerprint density at radius 1 is 1.25 bits per heavy atom. The van der Waals surface area contributed by atoms with Crippen molar-refractivity contribution in [2.75, 3.05) is 45.9 Å². The van der Waals surface area contributed by atoms with E-state index in [1.54, 1.807) is 0 Å². The first-order chi connectivity index (χ1) is 11.6. The largest absolute Gasteiger partial charge is 0.379 e. The van der Waals surface area contributed by atoms with Crippen molar-refractivity contribution in [2.45, 2.75) is 44.2 Å². The molecule has 3 N–H and O–H groups in total. The summed E-state index contributed by atoms with van der Waals surface area (Å²) < 4.78 is 5.34. The van der Waals surface area contributed by atoms with Crippen molar-refractivity contribution in [3.05, 3.63) is 0 Å². The van der Waals surface area contributed by atoms with Gasteiger partial charge < -0.3 is 20.7 Å². The number of nitrogens with zero attached hydrogens (tertiary/aromatic N) is 2. The quantitative estimate of drug-likeness (QED) is 0.685. The van der Waals surface area contributed by atoms with E-state index in [0.717, 1.165) is 58.7 Å². The number of likely N-dealkylation sites (tertiary alicyclic amines) is 1. The van der Waals surface area contributed by atoms with E-state index in [-0.39, 0.29) is 23.9 Å². The molecule has 3 atom stereocenters. The Bertz CT molecular complexity index is 453. The third kappa shape index (κ3) is 4.68. The van der Waals surface area contributed by atoms with E-state index in [1.165, 1.54) is 0 Å². The Morgan fingerprint density at radius 2 is 2.04 bits per heavy atom. The van der Waals surface area contributed by atoms with Crippen LogP contribution in [0.3, 0.4) is 0 Å². The molecule has 136 valence electrons. The molecule has 2 saturated heterocycles. The van der Waals surface area contributed by atoms with Gasteiger partial charge in [0.15, 0.2) is 0 Å². The normalized spacial score (nSPS) is 31.6. The van der Waals surface area contributed by atoms with Crippen LogP contribution in [0.4, 0.5) is 0 Å². The number of hydrogen-bond donors (Lipinski definition) is 2. The van der Waals surface area contributed by atoms with Crippen LogP contribution in [0.25, 0.3) is 0 Å². The first kappa shape index (κ1) is 17.6. The lowest BCUT2D eigenvalue weighted by atomic mass is 9.99. The molecule has 24 heavy (non-hydrogen) atoms. The van der Waals surface area contributed by atoms with Gasteiger partial charge in [0.1, 0.15) is 0 Å². The Labute approximate surface area is 143 Å². The molecule has 2 heterocycles. The third-order valence-electron chi connectivity index (χ3n) is 5.53. The van der Waals surface area contributed by atoms with Crippen LogP contribution in [0.15, 0.2) is 0 Å². The maximum atomic E-state index is 12.2. The summed E-state index contributed by atoms with van der Waals surface area (Å²) in [5, 5.41) is 3.03. The van der Waals surface area contributed by atoms with E-state index in [1.807, 2.05) is 4.90 Å². The molecular weight excluding hydrogens is 308 g/mol. The van der Waals surface area contributed by atoms with E-state index in [9.17, 15) is 9.59 Å². The molecule has 0 bridgehead atoms. The van der Waals surface area contributed by atoms with Crippen LogP contribution in [0.5, 0.6) is 0 Å². The maximum absolute atomic E-state index is 12.2. The number of ether oxygens (including phenoxy) is 1. The van der Waals surface area contributed by atoms with Gasteiger partial charge in [0, 0.05) is 51.6 Å². The van der Waals surface area contributed by atoms with Crippen LogP contribution in [0, 0.1) is 5.92 Å². The maximum Gasteiger partial charge on any atom is 0.224 e. The van der Waals surface area contributed by atoms with Crippen molar-refractivity contribution in [2.24, 2.45) is 11.7 Å². The summed E-state index contributed by atoms with van der Waals surface area (Å²) in [5.41, 5.74) is 6.03. The minimum atomic E-state index is -0.0488. The topological polar surface area (TPSA) is 87.9 Å². The molecule has 0 radical (unpaired) electrons. The number of amides is 2. The van der Waals surface area contributed by atoms with Gasteiger partial charge in [-0.05, 0) is 18.8 Å². The Kier molecular flexibility index (Phi) is 6.08. The average molecular weight is 338 g/mol.